The Morgan fingerprint density at radius 2 is 1.75 bits per heavy atom. The van der Waals surface area contributed by atoms with Crippen LogP contribution in [0.5, 0.6) is 11.5 Å². The van der Waals surface area contributed by atoms with E-state index in [0.717, 1.165) is 5.56 Å². The molecule has 2 aliphatic heterocycles. The van der Waals surface area contributed by atoms with Crippen LogP contribution in [0.25, 0.3) is 0 Å². The van der Waals surface area contributed by atoms with Crippen molar-refractivity contribution in [2.45, 2.75) is 77.7 Å². The van der Waals surface area contributed by atoms with Gasteiger partial charge < -0.3 is 29.7 Å². The van der Waals surface area contributed by atoms with Crippen molar-refractivity contribution in [3.05, 3.63) is 23.8 Å². The number of hydrogen-bond donors (Lipinski definition) is 2. The van der Waals surface area contributed by atoms with Crippen molar-refractivity contribution in [2.24, 2.45) is 0 Å². The fraction of sp³-hybridized carbons (Fsp3) is 0.542. The zero-order valence-corrected chi connectivity index (χ0v) is 20.8. The third kappa shape index (κ3) is 7.85. The quantitative estimate of drug-likeness (QED) is 0.479. The highest BCUT2D eigenvalue weighted by atomic mass is 16.7. The molecular weight excluding hydrogens is 474 g/mol. The van der Waals surface area contributed by atoms with E-state index in [4.69, 9.17) is 19.0 Å². The summed E-state index contributed by atoms with van der Waals surface area (Å²) in [6.45, 7) is 7.29. The van der Waals surface area contributed by atoms with E-state index in [1.54, 1.807) is 32.9 Å². The molecule has 2 atom stereocenters. The third-order valence-electron chi connectivity index (χ3n) is 5.05. The molecular formula is C24H31N3O9. The van der Waals surface area contributed by atoms with E-state index in [-0.39, 0.29) is 38.3 Å². The van der Waals surface area contributed by atoms with Gasteiger partial charge in [-0.05, 0) is 51.8 Å². The van der Waals surface area contributed by atoms with Gasteiger partial charge in [-0.3, -0.25) is 14.4 Å². The second-order valence-corrected chi connectivity index (χ2v) is 9.55. The van der Waals surface area contributed by atoms with Crippen molar-refractivity contribution in [1.29, 1.82) is 0 Å². The maximum absolute atomic E-state index is 12.1. The molecule has 36 heavy (non-hydrogen) atoms. The van der Waals surface area contributed by atoms with E-state index in [1.165, 1.54) is 0 Å². The smallest absolute Gasteiger partial charge is 0.407 e. The lowest BCUT2D eigenvalue weighted by molar-refractivity contribution is -0.197. The molecule has 4 amide bonds. The average Bonchev–Trinajstić information content (AvgIpc) is 3.32. The molecule has 12 heteroatoms. The van der Waals surface area contributed by atoms with E-state index in [0.29, 0.717) is 23.0 Å². The zero-order chi connectivity index (χ0) is 26.5. The number of nitrogens with zero attached hydrogens (tertiary/aromatic N) is 1. The number of ether oxygens (including phenoxy) is 3. The molecule has 2 aliphatic rings. The van der Waals surface area contributed by atoms with Gasteiger partial charge in [0, 0.05) is 25.3 Å². The number of fused-ring (bicyclic) bond motifs is 1. The summed E-state index contributed by atoms with van der Waals surface area (Å²) in [7, 11) is 0. The molecule has 0 saturated carbocycles. The molecule has 1 aromatic carbocycles. The summed E-state index contributed by atoms with van der Waals surface area (Å²) in [4.78, 5) is 63.5. The Labute approximate surface area is 208 Å². The highest BCUT2D eigenvalue weighted by Crippen LogP contribution is 2.35. The van der Waals surface area contributed by atoms with Crippen molar-refractivity contribution in [3.63, 3.8) is 0 Å². The standard InChI is InChI=1S/C24H31N3O9/c1-14(26-23(32)35-24(2,3)4)11-15-5-6-16-17(12-15)34-22(33-16)13-25-18(28)7-10-21(31)36-27-19(29)8-9-20(27)30/h5-6,12,14,22H,7-11,13H2,1-4H3,(H,25,28)(H,26,32). The van der Waals surface area contributed by atoms with E-state index in [1.807, 2.05) is 13.0 Å². The second-order valence-electron chi connectivity index (χ2n) is 9.55. The SMILES string of the molecule is CC(Cc1ccc2c(c1)OC(CNC(=O)CCC(=O)ON1C(=O)CCC1=O)O2)NC(=O)OC(C)(C)C. The number of carbonyl (C=O) groups is 5. The van der Waals surface area contributed by atoms with Gasteiger partial charge in [0.1, 0.15) is 5.60 Å². The summed E-state index contributed by atoms with van der Waals surface area (Å²) in [6.07, 6.45) is -1.18. The van der Waals surface area contributed by atoms with Gasteiger partial charge in [0.25, 0.3) is 18.1 Å². The Hall–Kier alpha value is -3.83. The largest absolute Gasteiger partial charge is 0.449 e. The fourth-order valence-corrected chi connectivity index (χ4v) is 3.48. The first kappa shape index (κ1) is 26.8. The first-order valence-electron chi connectivity index (χ1n) is 11.7. The van der Waals surface area contributed by atoms with Crippen molar-refractivity contribution < 1.29 is 43.0 Å². The summed E-state index contributed by atoms with van der Waals surface area (Å²) >= 11 is 0. The van der Waals surface area contributed by atoms with E-state index in [9.17, 15) is 24.0 Å². The van der Waals surface area contributed by atoms with Gasteiger partial charge in [0.2, 0.25) is 5.91 Å². The molecule has 0 radical (unpaired) electrons. The molecule has 0 aromatic heterocycles. The maximum Gasteiger partial charge on any atom is 0.407 e. The van der Waals surface area contributed by atoms with Crippen LogP contribution in [0.15, 0.2) is 18.2 Å². The fourth-order valence-electron chi connectivity index (χ4n) is 3.48. The Balaban J connectivity index is 1.38. The maximum atomic E-state index is 12.1. The van der Waals surface area contributed by atoms with Gasteiger partial charge in [0.05, 0.1) is 13.0 Å². The highest BCUT2D eigenvalue weighted by molar-refractivity contribution is 6.01. The minimum absolute atomic E-state index is 0.000132. The number of carbonyl (C=O) groups excluding carboxylic acids is 5. The van der Waals surface area contributed by atoms with Crippen molar-refractivity contribution >= 4 is 29.8 Å². The lowest BCUT2D eigenvalue weighted by Crippen LogP contribution is -2.38. The molecule has 0 spiro atoms. The van der Waals surface area contributed by atoms with E-state index >= 15 is 0 Å². The van der Waals surface area contributed by atoms with Gasteiger partial charge in [0.15, 0.2) is 11.5 Å². The third-order valence-corrected chi connectivity index (χ3v) is 5.05. The predicted molar refractivity (Wildman–Crippen MR) is 123 cm³/mol. The summed E-state index contributed by atoms with van der Waals surface area (Å²) in [5.74, 6) is -1.42. The van der Waals surface area contributed by atoms with Crippen LogP contribution in [0.4, 0.5) is 4.79 Å². The van der Waals surface area contributed by atoms with Crippen LogP contribution in [-0.4, -0.2) is 59.3 Å². The number of imide groups is 1. The first-order chi connectivity index (χ1) is 16.9. The minimum Gasteiger partial charge on any atom is -0.449 e. The Morgan fingerprint density at radius 3 is 2.42 bits per heavy atom. The molecule has 1 aromatic rings. The van der Waals surface area contributed by atoms with Crippen LogP contribution in [0.1, 0.15) is 58.9 Å². The number of nitrogens with one attached hydrogen (secondary N) is 2. The van der Waals surface area contributed by atoms with Gasteiger partial charge in [-0.25, -0.2) is 9.59 Å². The molecule has 2 N–H and O–H groups in total. The normalized spacial score (nSPS) is 17.6. The monoisotopic (exact) mass is 505 g/mol. The van der Waals surface area contributed by atoms with Gasteiger partial charge in [-0.1, -0.05) is 6.07 Å². The van der Waals surface area contributed by atoms with Crippen LogP contribution in [0.3, 0.4) is 0 Å². The highest BCUT2D eigenvalue weighted by Gasteiger charge is 2.33. The molecule has 3 rings (SSSR count). The number of hydrogen-bond acceptors (Lipinski definition) is 9. The molecule has 12 nitrogen and oxygen atoms in total. The molecule has 2 unspecified atom stereocenters. The number of hydroxylamine groups is 2. The molecule has 0 bridgehead atoms. The summed E-state index contributed by atoms with van der Waals surface area (Å²) in [5.41, 5.74) is 0.337. The van der Waals surface area contributed by atoms with Crippen LogP contribution in [0, 0.1) is 0 Å². The van der Waals surface area contributed by atoms with Crippen molar-refractivity contribution in [1.82, 2.24) is 15.7 Å². The van der Waals surface area contributed by atoms with Crippen LogP contribution >= 0.6 is 0 Å². The van der Waals surface area contributed by atoms with Gasteiger partial charge in [-0.15, -0.1) is 5.06 Å². The Morgan fingerprint density at radius 1 is 1.08 bits per heavy atom. The first-order valence-corrected chi connectivity index (χ1v) is 11.7. The summed E-state index contributed by atoms with van der Waals surface area (Å²) in [6, 6.07) is 5.24. The topological polar surface area (TPSA) is 150 Å². The zero-order valence-electron chi connectivity index (χ0n) is 20.8. The van der Waals surface area contributed by atoms with Crippen molar-refractivity contribution in [2.75, 3.05) is 6.54 Å². The van der Waals surface area contributed by atoms with Gasteiger partial charge in [-0.2, -0.15) is 0 Å². The van der Waals surface area contributed by atoms with Gasteiger partial charge >= 0.3 is 12.1 Å². The molecule has 2 heterocycles. The Bertz CT molecular complexity index is 1020. The minimum atomic E-state index is -0.850. The number of benzene rings is 1. The van der Waals surface area contributed by atoms with Crippen LogP contribution in [0.2, 0.25) is 0 Å². The lowest BCUT2D eigenvalue weighted by atomic mass is 10.1. The number of amides is 4. The number of alkyl carbamates (subject to hydrolysis) is 1. The molecule has 1 fully saturated rings. The Kier molecular flexibility index (Phi) is 8.38. The second kappa shape index (κ2) is 11.3. The van der Waals surface area contributed by atoms with Crippen molar-refractivity contribution in [3.8, 4) is 11.5 Å². The molecule has 1 saturated heterocycles. The van der Waals surface area contributed by atoms with Crippen LogP contribution in [-0.2, 0) is 35.2 Å². The molecule has 0 aliphatic carbocycles. The molecule has 196 valence electrons. The predicted octanol–water partition coefficient (Wildman–Crippen LogP) is 1.74. The van der Waals surface area contributed by atoms with Crippen LogP contribution < -0.4 is 20.1 Å². The summed E-state index contributed by atoms with van der Waals surface area (Å²) in [5, 5.41) is 5.84. The average molecular weight is 506 g/mol. The van der Waals surface area contributed by atoms with E-state index in [2.05, 4.69) is 10.6 Å². The number of rotatable bonds is 9. The lowest BCUT2D eigenvalue weighted by Gasteiger charge is -2.22. The van der Waals surface area contributed by atoms with E-state index < -0.39 is 41.7 Å². The summed E-state index contributed by atoms with van der Waals surface area (Å²) < 4.78 is 16.7.